The first-order valence-electron chi connectivity index (χ1n) is 8.74. The number of esters is 1. The van der Waals surface area contributed by atoms with Crippen LogP contribution in [0.1, 0.15) is 76.5 Å². The van der Waals surface area contributed by atoms with Crippen molar-refractivity contribution < 1.29 is 14.6 Å². The van der Waals surface area contributed by atoms with E-state index in [0.29, 0.717) is 25.2 Å². The molecule has 0 atom stereocenters. The fraction of sp³-hybridized carbons (Fsp3) is 0.650. The number of phenols is 1. The van der Waals surface area contributed by atoms with Crippen LogP contribution in [0.4, 0.5) is 0 Å². The van der Waals surface area contributed by atoms with Gasteiger partial charge in [0.25, 0.3) is 0 Å². The predicted molar refractivity (Wildman–Crippen MR) is 95.0 cm³/mol. The zero-order chi connectivity index (χ0) is 17.5. The lowest BCUT2D eigenvalue weighted by Crippen LogP contribution is -2.13. The first kappa shape index (κ1) is 19.5. The van der Waals surface area contributed by atoms with Crippen LogP contribution >= 0.6 is 0 Å². The van der Waals surface area contributed by atoms with Gasteiger partial charge in [-0.05, 0) is 41.9 Å². The summed E-state index contributed by atoms with van der Waals surface area (Å²) in [4.78, 5) is 11.8. The van der Waals surface area contributed by atoms with Gasteiger partial charge in [0, 0.05) is 6.42 Å². The molecular weight excluding hydrogens is 288 g/mol. The average Bonchev–Trinajstić information content (AvgIpc) is 2.47. The minimum absolute atomic E-state index is 0.120. The molecule has 0 unspecified atom stereocenters. The molecule has 1 N–H and O–H groups in total. The van der Waals surface area contributed by atoms with Crippen LogP contribution in [0.5, 0.6) is 5.75 Å². The molecule has 0 bridgehead atoms. The van der Waals surface area contributed by atoms with Gasteiger partial charge in [0.05, 0.1) is 6.61 Å². The fourth-order valence-corrected chi connectivity index (χ4v) is 2.60. The van der Waals surface area contributed by atoms with Crippen LogP contribution in [-0.4, -0.2) is 17.7 Å². The van der Waals surface area contributed by atoms with Gasteiger partial charge < -0.3 is 9.84 Å². The zero-order valence-electron chi connectivity index (χ0n) is 15.4. The summed E-state index contributed by atoms with van der Waals surface area (Å²) in [7, 11) is 0. The fourth-order valence-electron chi connectivity index (χ4n) is 2.60. The molecule has 0 amide bonds. The van der Waals surface area contributed by atoms with E-state index in [1.807, 2.05) is 19.1 Å². The van der Waals surface area contributed by atoms with E-state index in [1.54, 1.807) is 0 Å². The molecule has 0 aliphatic carbocycles. The Hall–Kier alpha value is -1.51. The van der Waals surface area contributed by atoms with Gasteiger partial charge in [-0.25, -0.2) is 0 Å². The summed E-state index contributed by atoms with van der Waals surface area (Å²) < 4.78 is 5.27. The van der Waals surface area contributed by atoms with Crippen LogP contribution in [0.25, 0.3) is 0 Å². The Kier molecular flexibility index (Phi) is 7.60. The van der Waals surface area contributed by atoms with Crippen molar-refractivity contribution in [2.45, 2.75) is 78.6 Å². The quantitative estimate of drug-likeness (QED) is 0.538. The van der Waals surface area contributed by atoms with Crippen molar-refractivity contribution in [3.05, 3.63) is 28.8 Å². The van der Waals surface area contributed by atoms with Crippen molar-refractivity contribution in [2.24, 2.45) is 0 Å². The van der Waals surface area contributed by atoms with Gasteiger partial charge in [0.15, 0.2) is 0 Å². The van der Waals surface area contributed by atoms with Crippen molar-refractivity contribution >= 4 is 5.97 Å². The molecule has 1 rings (SSSR count). The molecule has 0 fully saturated rings. The number of carbonyl (C=O) groups excluding carboxylic acids is 1. The second-order valence-corrected chi connectivity index (χ2v) is 7.34. The number of benzene rings is 1. The SMILES string of the molecule is CCCCCCOC(=O)CCc1cc(C)c(O)c(C(C)(C)C)c1. The molecule has 0 aromatic heterocycles. The van der Waals surface area contributed by atoms with Gasteiger partial charge in [-0.2, -0.15) is 0 Å². The van der Waals surface area contributed by atoms with E-state index in [4.69, 9.17) is 4.74 Å². The Bertz CT molecular complexity index is 512. The topological polar surface area (TPSA) is 46.5 Å². The van der Waals surface area contributed by atoms with Gasteiger partial charge in [-0.3, -0.25) is 4.79 Å². The Morgan fingerprint density at radius 1 is 1.17 bits per heavy atom. The van der Waals surface area contributed by atoms with Gasteiger partial charge in [-0.15, -0.1) is 0 Å². The van der Waals surface area contributed by atoms with Crippen LogP contribution in [0, 0.1) is 6.92 Å². The highest BCUT2D eigenvalue weighted by atomic mass is 16.5. The molecular formula is C20H32O3. The third-order valence-corrected chi connectivity index (χ3v) is 4.05. The summed E-state index contributed by atoms with van der Waals surface area (Å²) in [5.41, 5.74) is 2.75. The highest BCUT2D eigenvalue weighted by molar-refractivity contribution is 5.69. The number of aryl methyl sites for hydroxylation is 2. The molecule has 0 aliphatic rings. The predicted octanol–water partition coefficient (Wildman–Crippen LogP) is 5.05. The van der Waals surface area contributed by atoms with Crippen molar-refractivity contribution in [2.75, 3.05) is 6.61 Å². The Labute approximate surface area is 141 Å². The Morgan fingerprint density at radius 2 is 1.87 bits per heavy atom. The molecule has 0 heterocycles. The molecule has 3 nitrogen and oxygen atoms in total. The number of phenolic OH excluding ortho intramolecular Hbond substituents is 1. The number of carbonyl (C=O) groups is 1. The van der Waals surface area contributed by atoms with E-state index in [9.17, 15) is 9.90 Å². The summed E-state index contributed by atoms with van der Waals surface area (Å²) in [5, 5.41) is 10.2. The maximum absolute atomic E-state index is 11.8. The summed E-state index contributed by atoms with van der Waals surface area (Å²) in [6.07, 6.45) is 5.49. The number of hydrogen-bond donors (Lipinski definition) is 1. The highest BCUT2D eigenvalue weighted by Crippen LogP contribution is 2.34. The number of rotatable bonds is 8. The third kappa shape index (κ3) is 6.64. The standard InChI is InChI=1S/C20H32O3/c1-6-7-8-9-12-23-18(21)11-10-16-13-15(2)19(22)17(14-16)20(3,4)5/h13-14,22H,6-12H2,1-5H3. The largest absolute Gasteiger partial charge is 0.507 e. The maximum atomic E-state index is 11.8. The lowest BCUT2D eigenvalue weighted by molar-refractivity contribution is -0.143. The monoisotopic (exact) mass is 320 g/mol. The molecule has 0 aliphatic heterocycles. The Morgan fingerprint density at radius 3 is 2.48 bits per heavy atom. The summed E-state index contributed by atoms with van der Waals surface area (Å²) in [5.74, 6) is 0.226. The molecule has 0 spiro atoms. The van der Waals surface area contributed by atoms with Crippen LogP contribution in [0.15, 0.2) is 12.1 Å². The molecule has 130 valence electrons. The van der Waals surface area contributed by atoms with Gasteiger partial charge in [0.2, 0.25) is 0 Å². The molecule has 0 saturated heterocycles. The van der Waals surface area contributed by atoms with Crippen molar-refractivity contribution in [3.63, 3.8) is 0 Å². The number of aromatic hydroxyl groups is 1. The molecule has 0 saturated carbocycles. The second kappa shape index (κ2) is 8.95. The van der Waals surface area contributed by atoms with E-state index in [0.717, 1.165) is 29.5 Å². The molecule has 23 heavy (non-hydrogen) atoms. The van der Waals surface area contributed by atoms with E-state index < -0.39 is 0 Å². The first-order chi connectivity index (χ1) is 10.8. The van der Waals surface area contributed by atoms with Gasteiger partial charge >= 0.3 is 5.97 Å². The van der Waals surface area contributed by atoms with Crippen LogP contribution in [0.2, 0.25) is 0 Å². The normalized spacial score (nSPS) is 11.5. The van der Waals surface area contributed by atoms with Gasteiger partial charge in [-0.1, -0.05) is 59.1 Å². The molecule has 1 aromatic rings. The molecule has 3 heteroatoms. The van der Waals surface area contributed by atoms with Crippen molar-refractivity contribution in [1.29, 1.82) is 0 Å². The van der Waals surface area contributed by atoms with E-state index in [2.05, 4.69) is 27.7 Å². The molecule has 0 radical (unpaired) electrons. The first-order valence-corrected chi connectivity index (χ1v) is 8.74. The van der Waals surface area contributed by atoms with Crippen LogP contribution < -0.4 is 0 Å². The minimum Gasteiger partial charge on any atom is -0.507 e. The number of ether oxygens (including phenoxy) is 1. The van der Waals surface area contributed by atoms with Crippen LogP contribution in [0.3, 0.4) is 0 Å². The van der Waals surface area contributed by atoms with Crippen LogP contribution in [-0.2, 0) is 21.4 Å². The second-order valence-electron chi connectivity index (χ2n) is 7.34. The smallest absolute Gasteiger partial charge is 0.306 e. The van der Waals surface area contributed by atoms with E-state index >= 15 is 0 Å². The van der Waals surface area contributed by atoms with Crippen molar-refractivity contribution in [1.82, 2.24) is 0 Å². The van der Waals surface area contributed by atoms with E-state index in [1.165, 1.54) is 12.8 Å². The zero-order valence-corrected chi connectivity index (χ0v) is 15.4. The lowest BCUT2D eigenvalue weighted by Gasteiger charge is -2.22. The Balaban J connectivity index is 2.55. The third-order valence-electron chi connectivity index (χ3n) is 4.05. The minimum atomic E-state index is -0.135. The lowest BCUT2D eigenvalue weighted by atomic mass is 9.83. The van der Waals surface area contributed by atoms with Crippen molar-refractivity contribution in [3.8, 4) is 5.75 Å². The summed E-state index contributed by atoms with van der Waals surface area (Å²) >= 11 is 0. The molecule has 1 aromatic carbocycles. The van der Waals surface area contributed by atoms with E-state index in [-0.39, 0.29) is 11.4 Å². The highest BCUT2D eigenvalue weighted by Gasteiger charge is 2.20. The summed E-state index contributed by atoms with van der Waals surface area (Å²) in [6.45, 7) is 10.8. The average molecular weight is 320 g/mol. The summed E-state index contributed by atoms with van der Waals surface area (Å²) in [6, 6.07) is 3.97. The van der Waals surface area contributed by atoms with Gasteiger partial charge in [0.1, 0.15) is 5.75 Å². The maximum Gasteiger partial charge on any atom is 0.306 e. The number of unbranched alkanes of at least 4 members (excludes halogenated alkanes) is 3. The number of hydrogen-bond acceptors (Lipinski definition) is 3.